The van der Waals surface area contributed by atoms with Crippen LogP contribution in [-0.2, 0) is 5.92 Å². The molecule has 19 heavy (non-hydrogen) atoms. The molecule has 0 aliphatic heterocycles. The summed E-state index contributed by atoms with van der Waals surface area (Å²) in [5, 5.41) is 0. The van der Waals surface area contributed by atoms with E-state index in [1.165, 1.54) is 12.1 Å². The largest absolute Gasteiger partial charge is 0.485 e. The summed E-state index contributed by atoms with van der Waals surface area (Å²) in [4.78, 5) is 0. The predicted octanol–water partition coefficient (Wildman–Crippen LogP) is 3.75. The van der Waals surface area contributed by atoms with Crippen molar-refractivity contribution in [2.24, 2.45) is 0 Å². The maximum atomic E-state index is 13.9. The highest BCUT2D eigenvalue weighted by atomic mass is 19.3. The summed E-state index contributed by atoms with van der Waals surface area (Å²) < 4.78 is 33.0. The van der Waals surface area contributed by atoms with E-state index in [1.807, 2.05) is 6.92 Å². The summed E-state index contributed by atoms with van der Waals surface area (Å²) >= 11 is 0. The van der Waals surface area contributed by atoms with Gasteiger partial charge in [-0.15, -0.1) is 0 Å². The molecule has 100 valence electrons. The lowest BCUT2D eigenvalue weighted by Gasteiger charge is -2.18. The molecule has 2 aromatic carbocycles. The second-order valence-corrected chi connectivity index (χ2v) is 4.40. The Hall–Kier alpha value is -2.10. The van der Waals surface area contributed by atoms with Crippen LogP contribution in [0.4, 0.5) is 14.5 Å². The molecule has 0 saturated heterocycles. The van der Waals surface area contributed by atoms with Crippen molar-refractivity contribution in [2.75, 3.05) is 12.3 Å². The van der Waals surface area contributed by atoms with Gasteiger partial charge in [-0.25, -0.2) is 0 Å². The van der Waals surface area contributed by atoms with Crippen LogP contribution in [0.25, 0.3) is 0 Å². The van der Waals surface area contributed by atoms with Gasteiger partial charge in [-0.1, -0.05) is 36.4 Å². The normalized spacial score (nSPS) is 11.3. The molecule has 0 aliphatic carbocycles. The lowest BCUT2D eigenvalue weighted by Crippen LogP contribution is -2.23. The van der Waals surface area contributed by atoms with Gasteiger partial charge in [0.15, 0.2) is 6.61 Å². The summed E-state index contributed by atoms with van der Waals surface area (Å²) in [6.45, 7) is 1.12. The minimum absolute atomic E-state index is 0.0683. The molecule has 0 saturated carbocycles. The molecule has 0 fully saturated rings. The van der Waals surface area contributed by atoms with Gasteiger partial charge in [0.1, 0.15) is 5.75 Å². The molecule has 4 heteroatoms. The minimum atomic E-state index is -3.04. The number of nitrogen functional groups attached to an aromatic ring is 1. The number of rotatable bonds is 4. The number of halogens is 2. The van der Waals surface area contributed by atoms with Crippen LogP contribution < -0.4 is 10.5 Å². The van der Waals surface area contributed by atoms with Gasteiger partial charge in [0, 0.05) is 5.56 Å². The molecule has 2 N–H and O–H groups in total. The fourth-order valence-corrected chi connectivity index (χ4v) is 1.70. The molecule has 0 aromatic heterocycles. The first-order valence-corrected chi connectivity index (χ1v) is 5.91. The summed E-state index contributed by atoms with van der Waals surface area (Å²) in [5.74, 6) is -2.76. The van der Waals surface area contributed by atoms with E-state index in [4.69, 9.17) is 10.5 Å². The van der Waals surface area contributed by atoms with Crippen molar-refractivity contribution in [1.82, 2.24) is 0 Å². The molecule has 2 aromatic rings. The van der Waals surface area contributed by atoms with Gasteiger partial charge in [-0.05, 0) is 24.6 Å². The molecule has 0 heterocycles. The summed E-state index contributed by atoms with van der Waals surface area (Å²) in [7, 11) is 0. The lowest BCUT2D eigenvalue weighted by atomic mass is 10.1. The van der Waals surface area contributed by atoms with E-state index in [0.29, 0.717) is 5.69 Å². The van der Waals surface area contributed by atoms with Gasteiger partial charge in [0.25, 0.3) is 0 Å². The van der Waals surface area contributed by atoms with Crippen LogP contribution in [0.1, 0.15) is 11.1 Å². The molecule has 0 radical (unpaired) electrons. The van der Waals surface area contributed by atoms with Crippen molar-refractivity contribution in [3.8, 4) is 5.75 Å². The second-order valence-electron chi connectivity index (χ2n) is 4.40. The average Bonchev–Trinajstić information content (AvgIpc) is 2.41. The van der Waals surface area contributed by atoms with E-state index in [9.17, 15) is 8.78 Å². The second kappa shape index (κ2) is 5.26. The highest BCUT2D eigenvalue weighted by Gasteiger charge is 2.32. The Balaban J connectivity index is 2.12. The molecule has 0 atom stereocenters. The van der Waals surface area contributed by atoms with E-state index >= 15 is 0 Å². The van der Waals surface area contributed by atoms with E-state index in [2.05, 4.69) is 0 Å². The smallest absolute Gasteiger partial charge is 0.306 e. The molecular weight excluding hydrogens is 248 g/mol. The van der Waals surface area contributed by atoms with Crippen molar-refractivity contribution < 1.29 is 13.5 Å². The SMILES string of the molecule is Cc1ccc(N)c(OCC(F)(F)c2ccccc2)c1. The van der Waals surface area contributed by atoms with Crippen molar-refractivity contribution in [3.05, 3.63) is 59.7 Å². The van der Waals surface area contributed by atoms with Crippen LogP contribution in [0.15, 0.2) is 48.5 Å². The Bertz CT molecular complexity index is 555. The topological polar surface area (TPSA) is 35.2 Å². The van der Waals surface area contributed by atoms with Crippen molar-refractivity contribution in [3.63, 3.8) is 0 Å². The minimum Gasteiger partial charge on any atom is -0.485 e. The van der Waals surface area contributed by atoms with Crippen LogP contribution in [0.2, 0.25) is 0 Å². The van der Waals surface area contributed by atoms with Crippen molar-refractivity contribution in [2.45, 2.75) is 12.8 Å². The zero-order valence-corrected chi connectivity index (χ0v) is 10.6. The van der Waals surface area contributed by atoms with E-state index in [0.717, 1.165) is 5.56 Å². The monoisotopic (exact) mass is 263 g/mol. The highest BCUT2D eigenvalue weighted by molar-refractivity contribution is 5.53. The number of hydrogen-bond acceptors (Lipinski definition) is 2. The lowest BCUT2D eigenvalue weighted by molar-refractivity contribution is -0.0465. The Morgan fingerprint density at radius 3 is 2.47 bits per heavy atom. The van der Waals surface area contributed by atoms with Crippen LogP contribution in [0, 0.1) is 6.92 Å². The molecule has 0 unspecified atom stereocenters. The highest BCUT2D eigenvalue weighted by Crippen LogP contribution is 2.30. The molecule has 2 rings (SSSR count). The van der Waals surface area contributed by atoms with E-state index < -0.39 is 12.5 Å². The van der Waals surface area contributed by atoms with Gasteiger partial charge in [-0.3, -0.25) is 0 Å². The van der Waals surface area contributed by atoms with Gasteiger partial charge in [0.05, 0.1) is 5.69 Å². The maximum Gasteiger partial charge on any atom is 0.306 e. The number of nitrogens with two attached hydrogens (primary N) is 1. The van der Waals surface area contributed by atoms with Gasteiger partial charge in [-0.2, -0.15) is 8.78 Å². The number of benzene rings is 2. The van der Waals surface area contributed by atoms with Crippen LogP contribution in [0.3, 0.4) is 0 Å². The quantitative estimate of drug-likeness (QED) is 0.853. The van der Waals surface area contributed by atoms with Gasteiger partial charge in [0.2, 0.25) is 0 Å². The number of anilines is 1. The Morgan fingerprint density at radius 2 is 1.79 bits per heavy atom. The third-order valence-electron chi connectivity index (χ3n) is 2.77. The van der Waals surface area contributed by atoms with Crippen LogP contribution in [-0.4, -0.2) is 6.61 Å². The zero-order valence-electron chi connectivity index (χ0n) is 10.6. The van der Waals surface area contributed by atoms with Gasteiger partial charge < -0.3 is 10.5 Å². The summed E-state index contributed by atoms with van der Waals surface area (Å²) in [5.41, 5.74) is 6.88. The first kappa shape index (κ1) is 13.3. The van der Waals surface area contributed by atoms with Crippen molar-refractivity contribution in [1.29, 1.82) is 0 Å². The predicted molar refractivity (Wildman–Crippen MR) is 71.4 cm³/mol. The Morgan fingerprint density at radius 1 is 1.11 bits per heavy atom. The van der Waals surface area contributed by atoms with Crippen LogP contribution in [0.5, 0.6) is 5.75 Å². The molecular formula is C15H15F2NO. The number of ether oxygens (including phenoxy) is 1. The molecule has 2 nitrogen and oxygen atoms in total. The number of aryl methyl sites for hydroxylation is 1. The van der Waals surface area contributed by atoms with Gasteiger partial charge >= 0.3 is 5.92 Å². The zero-order chi connectivity index (χ0) is 13.9. The standard InChI is InChI=1S/C15H15F2NO/c1-11-7-8-13(18)14(9-11)19-10-15(16,17)12-5-3-2-4-6-12/h2-9H,10,18H2,1H3. The maximum absolute atomic E-state index is 13.9. The molecule has 0 aliphatic rings. The Labute approximate surface area is 110 Å². The third kappa shape index (κ3) is 3.22. The fraction of sp³-hybridized carbons (Fsp3) is 0.200. The first-order valence-electron chi connectivity index (χ1n) is 5.91. The summed E-state index contributed by atoms with van der Waals surface area (Å²) in [6, 6.07) is 12.7. The van der Waals surface area contributed by atoms with Crippen molar-refractivity contribution >= 4 is 5.69 Å². The van der Waals surface area contributed by atoms with Crippen LogP contribution >= 0.6 is 0 Å². The third-order valence-corrected chi connectivity index (χ3v) is 2.77. The van der Waals surface area contributed by atoms with E-state index in [-0.39, 0.29) is 11.3 Å². The Kier molecular flexibility index (Phi) is 3.69. The number of alkyl halides is 2. The fourth-order valence-electron chi connectivity index (χ4n) is 1.70. The summed E-state index contributed by atoms with van der Waals surface area (Å²) in [6.07, 6.45) is 0. The average molecular weight is 263 g/mol. The molecule has 0 spiro atoms. The number of hydrogen-bond donors (Lipinski definition) is 1. The molecule has 0 amide bonds. The van der Waals surface area contributed by atoms with E-state index in [1.54, 1.807) is 36.4 Å². The first-order chi connectivity index (χ1) is 8.99. The molecule has 0 bridgehead atoms.